The van der Waals surface area contributed by atoms with Crippen LogP contribution in [0.4, 0.5) is 39.8 Å². The van der Waals surface area contributed by atoms with E-state index in [2.05, 4.69) is 30.7 Å². The molecule has 7 aromatic carbocycles. The molecule has 0 amide bonds. The van der Waals surface area contributed by atoms with Gasteiger partial charge in [-0.2, -0.15) is 13.5 Å². The third kappa shape index (κ3) is 12.5. The van der Waals surface area contributed by atoms with Crippen molar-refractivity contribution in [2.24, 2.45) is 30.7 Å². The Morgan fingerprint density at radius 2 is 0.875 bits per heavy atom. The predicted octanol–water partition coefficient (Wildman–Crippen LogP) is -4.98. The maximum absolute atomic E-state index is 13.4. The van der Waals surface area contributed by atoms with Gasteiger partial charge in [-0.1, -0.05) is 30.0 Å². The first-order valence-corrected chi connectivity index (χ1v) is 22.1. The van der Waals surface area contributed by atoms with Crippen LogP contribution in [0.5, 0.6) is 5.75 Å². The largest absolute Gasteiger partial charge is 1.00 e. The van der Waals surface area contributed by atoms with Gasteiger partial charge in [-0.25, -0.2) is 25.3 Å². The molecule has 0 heterocycles. The minimum Gasteiger partial charge on any atom is -0.871 e. The van der Waals surface area contributed by atoms with E-state index in [4.69, 9.17) is 5.73 Å². The Morgan fingerprint density at radius 3 is 1.34 bits per heavy atom. The van der Waals surface area contributed by atoms with Gasteiger partial charge in [0, 0.05) is 27.2 Å². The van der Waals surface area contributed by atoms with Crippen molar-refractivity contribution >= 4 is 113 Å². The van der Waals surface area contributed by atoms with Crippen LogP contribution in [0.1, 0.15) is 0 Å². The molecule has 306 valence electrons. The van der Waals surface area contributed by atoms with E-state index in [1.807, 2.05) is 0 Å². The van der Waals surface area contributed by atoms with E-state index in [-0.39, 0.29) is 185 Å². The molecule has 0 aliphatic carbocycles. The molecule has 0 aliphatic rings. The second-order valence-electron chi connectivity index (χ2n) is 12.6. The van der Waals surface area contributed by atoms with Crippen molar-refractivity contribution in [2.75, 3.05) is 5.73 Å². The van der Waals surface area contributed by atoms with Gasteiger partial charge in [0.05, 0.1) is 48.8 Å². The van der Waals surface area contributed by atoms with E-state index in [1.165, 1.54) is 66.7 Å². The van der Waals surface area contributed by atoms with Crippen LogP contribution in [0.15, 0.2) is 159 Å². The molecule has 0 unspecified atom stereocenters. The molecule has 20 nitrogen and oxygen atoms in total. The minimum atomic E-state index is -5.04. The summed E-state index contributed by atoms with van der Waals surface area (Å²) >= 11 is 0. The number of benzene rings is 7. The zero-order valence-corrected chi connectivity index (χ0v) is 44.9. The molecular formula is C36H21N7Na4O13S4. The van der Waals surface area contributed by atoms with E-state index >= 15 is 0 Å². The smallest absolute Gasteiger partial charge is 0.871 e. The first-order valence-electron chi connectivity index (χ1n) is 16.5. The van der Waals surface area contributed by atoms with E-state index in [9.17, 15) is 57.0 Å². The van der Waals surface area contributed by atoms with Gasteiger partial charge in [-0.15, -0.1) is 25.6 Å². The second-order valence-corrected chi connectivity index (χ2v) is 18.1. The number of hydrogen-bond acceptors (Lipinski definition) is 19. The van der Waals surface area contributed by atoms with Gasteiger partial charge in [0.15, 0.2) is 0 Å². The zero-order chi connectivity index (χ0) is 43.4. The second kappa shape index (κ2) is 21.5. The molecule has 0 saturated heterocycles. The number of anilines is 1. The topological polar surface area (TPSA) is 349 Å². The van der Waals surface area contributed by atoms with Crippen LogP contribution in [0.2, 0.25) is 0 Å². The molecule has 7 rings (SSSR count). The summed E-state index contributed by atoms with van der Waals surface area (Å²) in [6, 6.07) is 21.2. The number of nitrogens with two attached hydrogens (primary N) is 1. The Labute approximate surface area is 452 Å². The van der Waals surface area contributed by atoms with Crippen LogP contribution >= 0.6 is 0 Å². The summed E-state index contributed by atoms with van der Waals surface area (Å²) in [5, 5.41) is 38.1. The summed E-state index contributed by atoms with van der Waals surface area (Å²) in [5.41, 5.74) is 5.04. The molecule has 0 fully saturated rings. The summed E-state index contributed by atoms with van der Waals surface area (Å²) in [6.07, 6.45) is 0. The molecule has 0 aliphatic heterocycles. The summed E-state index contributed by atoms with van der Waals surface area (Å²) in [6.45, 7) is 0. The van der Waals surface area contributed by atoms with E-state index in [1.54, 1.807) is 0 Å². The van der Waals surface area contributed by atoms with Crippen molar-refractivity contribution in [1.82, 2.24) is 0 Å². The van der Waals surface area contributed by atoms with Gasteiger partial charge >= 0.3 is 118 Å². The Morgan fingerprint density at radius 1 is 0.453 bits per heavy atom. The molecule has 0 aromatic heterocycles. The Kier molecular flexibility index (Phi) is 18.7. The number of fused-ring (bicyclic) bond motifs is 3. The van der Waals surface area contributed by atoms with Crippen LogP contribution in [0, 0.1) is 0 Å². The zero-order valence-electron chi connectivity index (χ0n) is 33.6. The summed E-state index contributed by atoms with van der Waals surface area (Å²) in [4.78, 5) is -2.78. The minimum absolute atomic E-state index is 0. The summed E-state index contributed by atoms with van der Waals surface area (Å²) in [5.74, 6) is -0.915. The molecule has 3 N–H and O–H groups in total. The van der Waals surface area contributed by atoms with E-state index < -0.39 is 71.5 Å². The molecule has 0 radical (unpaired) electrons. The molecule has 0 saturated carbocycles. The standard InChI is InChI=1S/C36H25N7O13S4.4Na/c37-20-4-7-25-19(14-20)15-34(60(54,55)56)35(36(25)44)43-42-31-11-13-33(29-18-24(59(51,52)53)6-9-27(29)31)41-40-30-10-12-32(28-17-23(58(48,49)50)5-8-26(28)30)39-38-21-2-1-3-22(16-21)57(45,46)47;;;;/h1-18,44H,37H2,(H,45,46,47)(H,48,49,50)(H,51,52,53)(H,54,55,56);;;;/q;4*+1/p-4. The van der Waals surface area contributed by atoms with Crippen molar-refractivity contribution < 1.29 is 175 Å². The third-order valence-corrected chi connectivity index (χ3v) is 12.1. The Hall–Kier alpha value is -2.64. The average Bonchev–Trinajstić information content (AvgIpc) is 3.17. The van der Waals surface area contributed by atoms with Gasteiger partial charge in [0.25, 0.3) is 10.1 Å². The van der Waals surface area contributed by atoms with Gasteiger partial charge < -0.3 is 24.5 Å². The van der Waals surface area contributed by atoms with Crippen LogP contribution < -0.4 is 129 Å². The molecule has 64 heavy (non-hydrogen) atoms. The summed E-state index contributed by atoms with van der Waals surface area (Å²) < 4.78 is 141. The van der Waals surface area contributed by atoms with Crippen molar-refractivity contribution in [3.05, 3.63) is 109 Å². The van der Waals surface area contributed by atoms with E-state index in [0.717, 1.165) is 42.5 Å². The maximum atomic E-state index is 13.4. The first-order chi connectivity index (χ1) is 28.1. The van der Waals surface area contributed by atoms with Crippen LogP contribution in [0.25, 0.3) is 32.3 Å². The van der Waals surface area contributed by atoms with Crippen LogP contribution in [0.3, 0.4) is 0 Å². The van der Waals surface area contributed by atoms with Crippen molar-refractivity contribution in [1.29, 1.82) is 0 Å². The van der Waals surface area contributed by atoms with Crippen molar-refractivity contribution in [3.63, 3.8) is 0 Å². The molecule has 0 atom stereocenters. The molecule has 0 spiro atoms. The quantitative estimate of drug-likeness (QED) is 0.0562. The van der Waals surface area contributed by atoms with Crippen molar-refractivity contribution in [3.8, 4) is 5.75 Å². The molecule has 28 heteroatoms. The number of nitrogens with zero attached hydrogens (tertiary/aromatic N) is 6. The van der Waals surface area contributed by atoms with Crippen LogP contribution in [-0.2, 0) is 40.5 Å². The number of rotatable bonds is 10. The molecule has 0 bridgehead atoms. The maximum Gasteiger partial charge on any atom is 1.00 e. The van der Waals surface area contributed by atoms with Gasteiger partial charge in [0.1, 0.15) is 35.2 Å². The Bertz CT molecular complexity index is 3550. The fourth-order valence-corrected chi connectivity index (χ4v) is 8.08. The normalized spacial score (nSPS) is 12.3. The molecule has 7 aromatic rings. The number of nitrogen functional groups attached to an aromatic ring is 1. The SMILES string of the molecule is Nc1ccc2c([O-])c(N=Nc3ccc(N=Nc4ccc(N=Nc5cccc(S(=O)(=O)[O-])c5)c5cc(S(=O)(=O)[O-])ccc45)c4cc(S(=O)(=O)[O-])ccc34)c(S(=O)(=O)O)cc2c1.[Na+].[Na+].[Na+].[Na+]. The first kappa shape index (κ1) is 55.7. The predicted molar refractivity (Wildman–Crippen MR) is 208 cm³/mol. The Balaban J connectivity index is 0.00000272. The van der Waals surface area contributed by atoms with E-state index in [0.29, 0.717) is 0 Å². The third-order valence-electron chi connectivity index (χ3n) is 8.70. The molecular weight excluding hydrogens is 959 g/mol. The average molecular weight is 980 g/mol. The number of azo groups is 3. The van der Waals surface area contributed by atoms with Gasteiger partial charge in [-0.3, -0.25) is 4.55 Å². The fraction of sp³-hybridized carbons (Fsp3) is 0. The van der Waals surface area contributed by atoms with Crippen LogP contribution in [-0.4, -0.2) is 51.9 Å². The fourth-order valence-electron chi connectivity index (χ4n) is 5.92. The van der Waals surface area contributed by atoms with Gasteiger partial charge in [-0.05, 0) is 95.7 Å². The van der Waals surface area contributed by atoms with Crippen molar-refractivity contribution in [2.45, 2.75) is 19.6 Å². The monoisotopic (exact) mass is 979 g/mol. The number of hydrogen-bond donors (Lipinski definition) is 2. The summed E-state index contributed by atoms with van der Waals surface area (Å²) in [7, 11) is -19.9. The van der Waals surface area contributed by atoms with Gasteiger partial charge in [0.2, 0.25) is 0 Å².